The molecule has 1 heterocycles. The number of piperazine rings is 1. The summed E-state index contributed by atoms with van der Waals surface area (Å²) < 4.78 is 0. The van der Waals surface area contributed by atoms with E-state index in [4.69, 9.17) is 0 Å². The number of carbonyl (C=O) groups excluding carboxylic acids is 2. The summed E-state index contributed by atoms with van der Waals surface area (Å²) in [4.78, 5) is 27.0. The van der Waals surface area contributed by atoms with Crippen molar-refractivity contribution in [1.29, 1.82) is 0 Å². The van der Waals surface area contributed by atoms with Gasteiger partial charge in [0, 0.05) is 25.6 Å². The summed E-state index contributed by atoms with van der Waals surface area (Å²) >= 11 is 0. The fourth-order valence-corrected chi connectivity index (χ4v) is 4.05. The Bertz CT molecular complexity index is 614. The predicted octanol–water partition coefficient (Wildman–Crippen LogP) is 2.84. The van der Waals surface area contributed by atoms with Crippen LogP contribution in [0, 0.1) is 5.92 Å². The quantitative estimate of drug-likeness (QED) is 0.808. The first-order chi connectivity index (χ1) is 12.7. The van der Waals surface area contributed by atoms with Gasteiger partial charge in [-0.15, -0.1) is 12.4 Å². The van der Waals surface area contributed by atoms with Gasteiger partial charge in [-0.3, -0.25) is 9.59 Å². The molecule has 1 aliphatic heterocycles. The van der Waals surface area contributed by atoms with E-state index in [9.17, 15) is 9.59 Å². The normalized spacial score (nSPS) is 20.6. The van der Waals surface area contributed by atoms with E-state index in [1.807, 2.05) is 4.90 Å². The van der Waals surface area contributed by atoms with Gasteiger partial charge >= 0.3 is 0 Å². The van der Waals surface area contributed by atoms with E-state index in [1.165, 1.54) is 12.0 Å². The first-order valence-electron chi connectivity index (χ1n) is 10.1. The van der Waals surface area contributed by atoms with Crippen LogP contribution in [0.2, 0.25) is 0 Å². The summed E-state index contributed by atoms with van der Waals surface area (Å²) in [5.74, 6) is 0.161. The summed E-state index contributed by atoms with van der Waals surface area (Å²) in [6, 6.07) is 8.55. The van der Waals surface area contributed by atoms with Crippen LogP contribution >= 0.6 is 12.4 Å². The van der Waals surface area contributed by atoms with Crippen LogP contribution in [0.25, 0.3) is 0 Å². The minimum Gasteiger partial charge on any atom is -0.347 e. The van der Waals surface area contributed by atoms with Gasteiger partial charge in [0.05, 0.1) is 12.6 Å². The number of rotatable bonds is 5. The third-order valence-corrected chi connectivity index (χ3v) is 5.73. The zero-order chi connectivity index (χ0) is 18.4. The monoisotopic (exact) mass is 393 g/mol. The largest absolute Gasteiger partial charge is 0.347 e. The van der Waals surface area contributed by atoms with Crippen molar-refractivity contribution < 1.29 is 9.59 Å². The Morgan fingerprint density at radius 2 is 1.85 bits per heavy atom. The minimum atomic E-state index is 0. The second-order valence-electron chi connectivity index (χ2n) is 7.45. The Labute approximate surface area is 168 Å². The lowest BCUT2D eigenvalue weighted by molar-refractivity contribution is -0.136. The Morgan fingerprint density at radius 1 is 1.15 bits per heavy atom. The van der Waals surface area contributed by atoms with Gasteiger partial charge in [0.2, 0.25) is 11.8 Å². The first kappa shape index (κ1) is 21.7. The van der Waals surface area contributed by atoms with E-state index >= 15 is 0 Å². The van der Waals surface area contributed by atoms with Crippen LogP contribution in [-0.2, 0) is 16.0 Å². The highest BCUT2D eigenvalue weighted by Gasteiger charge is 2.28. The van der Waals surface area contributed by atoms with Crippen molar-refractivity contribution in [2.24, 2.45) is 5.92 Å². The van der Waals surface area contributed by atoms with Gasteiger partial charge < -0.3 is 15.5 Å². The molecule has 27 heavy (non-hydrogen) atoms. The SMILES string of the molecule is CCc1ccc(C2CNCCN2C(=O)CNC(=O)C2CCCCC2)cc1.Cl. The first-order valence-corrected chi connectivity index (χ1v) is 10.1. The summed E-state index contributed by atoms with van der Waals surface area (Å²) in [6.45, 7) is 4.48. The molecule has 1 unspecified atom stereocenters. The average molecular weight is 394 g/mol. The molecule has 2 N–H and O–H groups in total. The molecular formula is C21H32ClN3O2. The van der Waals surface area contributed by atoms with Gasteiger partial charge in [0.25, 0.3) is 0 Å². The Kier molecular flexibility index (Phi) is 8.58. The van der Waals surface area contributed by atoms with Gasteiger partial charge in [-0.25, -0.2) is 0 Å². The summed E-state index contributed by atoms with van der Waals surface area (Å²) in [7, 11) is 0. The predicted molar refractivity (Wildman–Crippen MR) is 110 cm³/mol. The minimum absolute atomic E-state index is 0. The van der Waals surface area contributed by atoms with Crippen molar-refractivity contribution in [3.05, 3.63) is 35.4 Å². The number of aryl methyl sites for hydroxylation is 1. The number of hydrogen-bond acceptors (Lipinski definition) is 3. The van der Waals surface area contributed by atoms with Crippen molar-refractivity contribution >= 4 is 24.2 Å². The van der Waals surface area contributed by atoms with Crippen molar-refractivity contribution in [3.63, 3.8) is 0 Å². The Morgan fingerprint density at radius 3 is 2.52 bits per heavy atom. The number of nitrogens with zero attached hydrogens (tertiary/aromatic N) is 1. The van der Waals surface area contributed by atoms with E-state index in [-0.39, 0.29) is 42.7 Å². The fraction of sp³-hybridized carbons (Fsp3) is 0.619. The van der Waals surface area contributed by atoms with E-state index in [0.717, 1.165) is 50.8 Å². The van der Waals surface area contributed by atoms with Gasteiger partial charge in [-0.2, -0.15) is 0 Å². The molecule has 150 valence electrons. The molecule has 0 bridgehead atoms. The Balaban J connectivity index is 0.00000261. The van der Waals surface area contributed by atoms with Crippen molar-refractivity contribution in [2.75, 3.05) is 26.2 Å². The average Bonchev–Trinajstić information content (AvgIpc) is 2.72. The molecule has 1 saturated carbocycles. The molecule has 6 heteroatoms. The third-order valence-electron chi connectivity index (χ3n) is 5.73. The van der Waals surface area contributed by atoms with Crippen LogP contribution in [0.1, 0.15) is 56.2 Å². The maximum absolute atomic E-state index is 12.8. The van der Waals surface area contributed by atoms with Crippen LogP contribution in [0.5, 0.6) is 0 Å². The van der Waals surface area contributed by atoms with Crippen LogP contribution in [0.4, 0.5) is 0 Å². The molecule has 1 aromatic rings. The van der Waals surface area contributed by atoms with Crippen molar-refractivity contribution in [3.8, 4) is 0 Å². The number of nitrogens with one attached hydrogen (secondary N) is 2. The molecule has 2 amide bonds. The fourth-order valence-electron chi connectivity index (χ4n) is 4.05. The van der Waals surface area contributed by atoms with Crippen LogP contribution in [0.15, 0.2) is 24.3 Å². The second kappa shape index (κ2) is 10.7. The highest BCUT2D eigenvalue weighted by atomic mass is 35.5. The highest BCUT2D eigenvalue weighted by molar-refractivity contribution is 5.86. The second-order valence-corrected chi connectivity index (χ2v) is 7.45. The zero-order valence-corrected chi connectivity index (χ0v) is 17.0. The number of hydrogen-bond donors (Lipinski definition) is 2. The summed E-state index contributed by atoms with van der Waals surface area (Å²) in [6.07, 6.45) is 6.40. The molecule has 0 aromatic heterocycles. The maximum atomic E-state index is 12.8. The molecule has 0 radical (unpaired) electrons. The van der Waals surface area contributed by atoms with Gasteiger partial charge in [-0.1, -0.05) is 50.5 Å². The van der Waals surface area contributed by atoms with Crippen LogP contribution < -0.4 is 10.6 Å². The van der Waals surface area contributed by atoms with E-state index in [2.05, 4.69) is 41.8 Å². The third kappa shape index (κ3) is 5.69. The van der Waals surface area contributed by atoms with Crippen molar-refractivity contribution in [2.45, 2.75) is 51.5 Å². The number of amides is 2. The van der Waals surface area contributed by atoms with E-state index in [1.54, 1.807) is 0 Å². The van der Waals surface area contributed by atoms with E-state index < -0.39 is 0 Å². The standard InChI is InChI=1S/C21H31N3O2.ClH/c1-2-16-8-10-17(11-9-16)19-14-22-12-13-24(19)20(25)15-23-21(26)18-6-4-3-5-7-18;/h8-11,18-19,22H,2-7,12-15H2,1H3,(H,23,26);1H. The summed E-state index contributed by atoms with van der Waals surface area (Å²) in [5, 5.41) is 6.27. The molecule has 1 aromatic carbocycles. The smallest absolute Gasteiger partial charge is 0.242 e. The Hall–Kier alpha value is -1.59. The lowest BCUT2D eigenvalue weighted by atomic mass is 9.89. The molecule has 3 rings (SSSR count). The van der Waals surface area contributed by atoms with Gasteiger partial charge in [0.1, 0.15) is 0 Å². The molecular weight excluding hydrogens is 362 g/mol. The maximum Gasteiger partial charge on any atom is 0.242 e. The van der Waals surface area contributed by atoms with Crippen LogP contribution in [-0.4, -0.2) is 42.9 Å². The highest BCUT2D eigenvalue weighted by Crippen LogP contribution is 2.24. The molecule has 2 aliphatic rings. The number of benzene rings is 1. The molecule has 5 nitrogen and oxygen atoms in total. The molecule has 1 saturated heterocycles. The van der Waals surface area contributed by atoms with Crippen LogP contribution in [0.3, 0.4) is 0 Å². The van der Waals surface area contributed by atoms with Crippen molar-refractivity contribution in [1.82, 2.24) is 15.5 Å². The lowest BCUT2D eigenvalue weighted by Crippen LogP contribution is -2.51. The zero-order valence-electron chi connectivity index (χ0n) is 16.2. The topological polar surface area (TPSA) is 61.4 Å². The molecule has 2 fully saturated rings. The number of carbonyl (C=O) groups is 2. The summed E-state index contributed by atoms with van der Waals surface area (Å²) in [5.41, 5.74) is 2.46. The van der Waals surface area contributed by atoms with E-state index in [0.29, 0.717) is 6.54 Å². The molecule has 0 spiro atoms. The molecule has 1 aliphatic carbocycles. The lowest BCUT2D eigenvalue weighted by Gasteiger charge is -2.37. The van der Waals surface area contributed by atoms with Gasteiger partial charge in [-0.05, 0) is 30.4 Å². The number of halogens is 1. The molecule has 1 atom stereocenters. The van der Waals surface area contributed by atoms with Gasteiger partial charge in [0.15, 0.2) is 0 Å².